The Balaban J connectivity index is 1.11. The molecule has 10 heteroatoms. The fourth-order valence-electron chi connectivity index (χ4n) is 6.58. The first-order chi connectivity index (χ1) is 21.6. The Labute approximate surface area is 254 Å². The number of H-pyrrole nitrogens is 2. The van der Waals surface area contributed by atoms with Crippen LogP contribution in [0.3, 0.4) is 0 Å². The number of nitrogens with zero attached hydrogens (tertiary/aromatic N) is 6. The molecular formula is C34H34FN9. The number of likely N-dealkylation sites (tertiary alicyclic amines) is 1. The lowest BCUT2D eigenvalue weighted by atomic mass is 10.0. The van der Waals surface area contributed by atoms with Crippen LogP contribution in [0.25, 0.3) is 55.7 Å². The Bertz CT molecular complexity index is 1970. The van der Waals surface area contributed by atoms with Crippen molar-refractivity contribution in [1.29, 1.82) is 0 Å². The average Bonchev–Trinajstić information content (AvgIpc) is 3.78. The van der Waals surface area contributed by atoms with E-state index in [-0.39, 0.29) is 11.9 Å². The Morgan fingerprint density at radius 2 is 1.77 bits per heavy atom. The van der Waals surface area contributed by atoms with E-state index < -0.39 is 0 Å². The zero-order chi connectivity index (χ0) is 29.6. The van der Waals surface area contributed by atoms with Crippen LogP contribution in [-0.4, -0.2) is 73.8 Å². The number of nitrogens with two attached hydrogens (primary N) is 1. The molecule has 0 amide bonds. The van der Waals surface area contributed by atoms with Gasteiger partial charge in [-0.25, -0.2) is 9.37 Å². The van der Waals surface area contributed by atoms with Gasteiger partial charge < -0.3 is 20.5 Å². The number of aromatic nitrogens is 6. The molecule has 4 aromatic heterocycles. The first-order valence-corrected chi connectivity index (χ1v) is 15.4. The molecule has 44 heavy (non-hydrogen) atoms. The molecule has 2 aliphatic rings. The monoisotopic (exact) mass is 587 g/mol. The van der Waals surface area contributed by atoms with E-state index in [9.17, 15) is 4.39 Å². The summed E-state index contributed by atoms with van der Waals surface area (Å²) in [7, 11) is 0. The summed E-state index contributed by atoms with van der Waals surface area (Å²) in [6.45, 7) is 4.99. The average molecular weight is 588 g/mol. The molecule has 0 bridgehead atoms. The standard InChI is InChI=1S/C34H34FN9/c35-24-13-21(4-3-11-43-9-1-2-10-43)12-23(14-24)33-27-16-30(39-28(27)7-8-38-33)34-26-15-22(5-6-29(26)41-42-34)31-17-37-18-32(40-31)44-19-25(36)20-44/h5-8,12-18,25,39H,1-4,9-11,19-20,36H2,(H,41,42). The van der Waals surface area contributed by atoms with E-state index in [0.717, 1.165) is 99.6 Å². The number of hydrogen-bond donors (Lipinski definition) is 3. The highest BCUT2D eigenvalue weighted by molar-refractivity contribution is 6.00. The van der Waals surface area contributed by atoms with Gasteiger partial charge in [-0.1, -0.05) is 6.07 Å². The van der Waals surface area contributed by atoms with Crippen LogP contribution in [0, 0.1) is 5.82 Å². The third-order valence-corrected chi connectivity index (χ3v) is 8.89. The summed E-state index contributed by atoms with van der Waals surface area (Å²) in [5.74, 6) is 0.600. The minimum absolute atomic E-state index is 0.185. The quantitative estimate of drug-likeness (QED) is 0.214. The van der Waals surface area contributed by atoms with Crippen LogP contribution in [0.1, 0.15) is 24.8 Å². The molecule has 222 valence electrons. The molecule has 0 saturated carbocycles. The van der Waals surface area contributed by atoms with Gasteiger partial charge in [-0.3, -0.25) is 15.1 Å². The van der Waals surface area contributed by atoms with Crippen molar-refractivity contribution in [3.05, 3.63) is 78.5 Å². The van der Waals surface area contributed by atoms with Crippen molar-refractivity contribution < 1.29 is 4.39 Å². The van der Waals surface area contributed by atoms with Gasteiger partial charge >= 0.3 is 0 Å². The van der Waals surface area contributed by atoms with Gasteiger partial charge in [0, 0.05) is 52.7 Å². The lowest BCUT2D eigenvalue weighted by molar-refractivity contribution is 0.334. The highest BCUT2D eigenvalue weighted by Gasteiger charge is 2.25. The summed E-state index contributed by atoms with van der Waals surface area (Å²) >= 11 is 0. The van der Waals surface area contributed by atoms with Gasteiger partial charge in [-0.2, -0.15) is 5.10 Å². The topological polar surface area (TPSA) is 116 Å². The normalized spacial score (nSPS) is 15.9. The van der Waals surface area contributed by atoms with E-state index in [1.54, 1.807) is 30.7 Å². The number of hydrogen-bond acceptors (Lipinski definition) is 7. The van der Waals surface area contributed by atoms with Gasteiger partial charge in [0.1, 0.15) is 17.3 Å². The Kier molecular flexibility index (Phi) is 6.80. The molecule has 2 aromatic carbocycles. The molecule has 2 saturated heterocycles. The molecule has 8 rings (SSSR count). The minimum Gasteiger partial charge on any atom is -0.353 e. The largest absolute Gasteiger partial charge is 0.353 e. The first kappa shape index (κ1) is 26.9. The Hall–Kier alpha value is -4.67. The predicted octanol–water partition coefficient (Wildman–Crippen LogP) is 5.55. The fraction of sp³-hybridized carbons (Fsp3) is 0.294. The lowest BCUT2D eigenvalue weighted by Gasteiger charge is -2.37. The number of aryl methyl sites for hydroxylation is 1. The molecule has 6 aromatic rings. The zero-order valence-corrected chi connectivity index (χ0v) is 24.4. The Morgan fingerprint density at radius 3 is 2.64 bits per heavy atom. The predicted molar refractivity (Wildman–Crippen MR) is 172 cm³/mol. The van der Waals surface area contributed by atoms with Crippen LogP contribution in [0.5, 0.6) is 0 Å². The first-order valence-electron chi connectivity index (χ1n) is 15.4. The maximum Gasteiger partial charge on any atom is 0.147 e. The third kappa shape index (κ3) is 5.10. The van der Waals surface area contributed by atoms with E-state index in [1.165, 1.54) is 25.9 Å². The molecule has 0 unspecified atom stereocenters. The molecule has 0 atom stereocenters. The smallest absolute Gasteiger partial charge is 0.147 e. The maximum absolute atomic E-state index is 14.9. The number of rotatable bonds is 8. The number of anilines is 1. The van der Waals surface area contributed by atoms with Gasteiger partial charge in [0.25, 0.3) is 0 Å². The van der Waals surface area contributed by atoms with Crippen molar-refractivity contribution in [3.63, 3.8) is 0 Å². The van der Waals surface area contributed by atoms with E-state index in [1.807, 2.05) is 18.2 Å². The molecule has 2 fully saturated rings. The molecule has 6 heterocycles. The van der Waals surface area contributed by atoms with Crippen molar-refractivity contribution in [3.8, 4) is 33.9 Å². The molecule has 0 aliphatic carbocycles. The van der Waals surface area contributed by atoms with Crippen molar-refractivity contribution in [2.24, 2.45) is 5.73 Å². The summed E-state index contributed by atoms with van der Waals surface area (Å²) in [6.07, 6.45) is 9.76. The maximum atomic E-state index is 14.9. The number of halogens is 1. The number of aromatic amines is 2. The van der Waals surface area contributed by atoms with Gasteiger partial charge in [-0.15, -0.1) is 0 Å². The fourth-order valence-corrected chi connectivity index (χ4v) is 6.58. The van der Waals surface area contributed by atoms with Crippen molar-refractivity contribution in [1.82, 2.24) is 35.0 Å². The van der Waals surface area contributed by atoms with Gasteiger partial charge in [0.05, 0.1) is 35.0 Å². The van der Waals surface area contributed by atoms with Gasteiger partial charge in [-0.05, 0) is 93.3 Å². The van der Waals surface area contributed by atoms with E-state index in [4.69, 9.17) is 15.7 Å². The minimum atomic E-state index is -0.233. The number of benzene rings is 2. The van der Waals surface area contributed by atoms with Crippen molar-refractivity contribution in [2.75, 3.05) is 37.6 Å². The molecule has 0 spiro atoms. The summed E-state index contributed by atoms with van der Waals surface area (Å²) < 4.78 is 14.9. The summed E-state index contributed by atoms with van der Waals surface area (Å²) in [6, 6.07) is 15.6. The van der Waals surface area contributed by atoms with Crippen molar-refractivity contribution in [2.45, 2.75) is 31.7 Å². The second-order valence-corrected chi connectivity index (χ2v) is 12.1. The summed E-state index contributed by atoms with van der Waals surface area (Å²) in [4.78, 5) is 22.2. The number of nitrogens with one attached hydrogen (secondary N) is 2. The highest BCUT2D eigenvalue weighted by atomic mass is 19.1. The number of fused-ring (bicyclic) bond motifs is 2. The number of pyridine rings is 1. The van der Waals surface area contributed by atoms with Crippen LogP contribution < -0.4 is 10.6 Å². The van der Waals surface area contributed by atoms with Crippen LogP contribution in [-0.2, 0) is 6.42 Å². The van der Waals surface area contributed by atoms with E-state index >= 15 is 0 Å². The molecule has 9 nitrogen and oxygen atoms in total. The second kappa shape index (κ2) is 11.1. The van der Waals surface area contributed by atoms with E-state index in [0.29, 0.717) is 0 Å². The van der Waals surface area contributed by atoms with Gasteiger partial charge in [0.15, 0.2) is 0 Å². The molecule has 4 N–H and O–H groups in total. The Morgan fingerprint density at radius 1 is 0.909 bits per heavy atom. The summed E-state index contributed by atoms with van der Waals surface area (Å²) in [5.41, 5.74) is 13.8. The lowest BCUT2D eigenvalue weighted by Crippen LogP contribution is -2.56. The van der Waals surface area contributed by atoms with Crippen molar-refractivity contribution >= 4 is 27.6 Å². The van der Waals surface area contributed by atoms with Gasteiger partial charge in [0.2, 0.25) is 0 Å². The summed E-state index contributed by atoms with van der Waals surface area (Å²) in [5, 5.41) is 9.73. The van der Waals surface area contributed by atoms with Crippen LogP contribution in [0.15, 0.2) is 67.1 Å². The molecule has 2 aliphatic heterocycles. The third-order valence-electron chi connectivity index (χ3n) is 8.89. The highest BCUT2D eigenvalue weighted by Crippen LogP contribution is 2.35. The van der Waals surface area contributed by atoms with E-state index in [2.05, 4.69) is 48.2 Å². The van der Waals surface area contributed by atoms with Crippen LogP contribution in [0.2, 0.25) is 0 Å². The molecular weight excluding hydrogens is 553 g/mol. The second-order valence-electron chi connectivity index (χ2n) is 12.1. The van der Waals surface area contributed by atoms with Crippen LogP contribution in [0.4, 0.5) is 10.2 Å². The molecule has 0 radical (unpaired) electrons. The zero-order valence-electron chi connectivity index (χ0n) is 24.4. The SMILES string of the molecule is NC1CN(c2cncc(-c3ccc4[nH]nc(-c5cc6c(-c7cc(F)cc(CCCN8CCCC8)c7)nccc6[nH]5)c4c3)n2)C1. The van der Waals surface area contributed by atoms with Crippen LogP contribution >= 0.6 is 0 Å².